The molecule has 1 amide bonds. The number of thiophene rings is 1. The van der Waals surface area contributed by atoms with E-state index in [1.54, 1.807) is 11.0 Å². The number of alkyl halides is 3. The van der Waals surface area contributed by atoms with Crippen LogP contribution in [0.4, 0.5) is 13.2 Å². The Hall–Kier alpha value is -1.97. The molecule has 2 aromatic rings. The number of nitrogens with zero attached hydrogens (tertiary/aromatic N) is 2. The quantitative estimate of drug-likeness (QED) is 0.491. The summed E-state index contributed by atoms with van der Waals surface area (Å²) in [6.07, 6.45) is -3.37. The van der Waals surface area contributed by atoms with Crippen LogP contribution in [-0.2, 0) is 23.5 Å². The molecule has 0 saturated heterocycles. The van der Waals surface area contributed by atoms with E-state index in [9.17, 15) is 18.0 Å². The van der Waals surface area contributed by atoms with Crippen LogP contribution in [0.2, 0.25) is 10.0 Å². The molecule has 1 aromatic carbocycles. The van der Waals surface area contributed by atoms with Crippen LogP contribution < -0.4 is 5.32 Å². The van der Waals surface area contributed by atoms with Gasteiger partial charge in [-0.15, -0.1) is 11.3 Å². The molecule has 0 fully saturated rings. The number of nitrogens with one attached hydrogen (secondary N) is 1. The smallest absolute Gasteiger partial charge is 0.372 e. The van der Waals surface area contributed by atoms with E-state index in [1.165, 1.54) is 29.5 Å². The highest BCUT2D eigenvalue weighted by atomic mass is 35.5. The van der Waals surface area contributed by atoms with Gasteiger partial charge in [0.15, 0.2) is 0 Å². The van der Waals surface area contributed by atoms with Gasteiger partial charge in [-0.05, 0) is 43.2 Å². The summed E-state index contributed by atoms with van der Waals surface area (Å²) in [5, 5.41) is 6.96. The predicted octanol–water partition coefficient (Wildman–Crippen LogP) is 6.48. The molecule has 4 rings (SSSR count). The van der Waals surface area contributed by atoms with Gasteiger partial charge in [0.25, 0.3) is 11.5 Å². The highest BCUT2D eigenvalue weighted by Crippen LogP contribution is 2.50. The summed E-state index contributed by atoms with van der Waals surface area (Å²) in [4.78, 5) is 20.8. The molecule has 2 atom stereocenters. The van der Waals surface area contributed by atoms with Gasteiger partial charge in [0, 0.05) is 33.1 Å². The Balaban J connectivity index is 1.49. The van der Waals surface area contributed by atoms with E-state index in [4.69, 9.17) is 28.0 Å². The van der Waals surface area contributed by atoms with Crippen LogP contribution in [-0.4, -0.2) is 28.9 Å². The van der Waals surface area contributed by atoms with Gasteiger partial charge in [-0.3, -0.25) is 4.79 Å². The van der Waals surface area contributed by atoms with Crippen molar-refractivity contribution in [3.05, 3.63) is 55.2 Å². The average molecular weight is 520 g/mol. The predicted molar refractivity (Wildman–Crippen MR) is 123 cm³/mol. The Kier molecular flexibility index (Phi) is 6.59. The van der Waals surface area contributed by atoms with E-state index >= 15 is 0 Å². The molecule has 11 heteroatoms. The highest BCUT2D eigenvalue weighted by Gasteiger charge is 2.63. The first-order valence-corrected chi connectivity index (χ1v) is 12.1. The second-order valence-corrected chi connectivity index (χ2v) is 10.3. The molecule has 2 aliphatic heterocycles. The fourth-order valence-electron chi connectivity index (χ4n) is 4.11. The van der Waals surface area contributed by atoms with Crippen molar-refractivity contribution in [1.29, 1.82) is 0 Å². The molecule has 0 radical (unpaired) electrons. The van der Waals surface area contributed by atoms with Gasteiger partial charge in [0.05, 0.1) is 17.8 Å². The fourth-order valence-corrected chi connectivity index (χ4v) is 5.73. The van der Waals surface area contributed by atoms with Gasteiger partial charge < -0.3 is 15.1 Å². The topological polar surface area (TPSA) is 53.9 Å². The lowest BCUT2D eigenvalue weighted by atomic mass is 9.89. The van der Waals surface area contributed by atoms with Crippen molar-refractivity contribution in [2.75, 3.05) is 0 Å². The molecule has 0 saturated carbocycles. The third-order valence-electron chi connectivity index (χ3n) is 5.78. The SMILES string of the molecule is CCCC(C)NC(=O)c1cc2c(s1)CN(C1=NOC(c3cc(Cl)cc(Cl)c3)(C(F)(F)F)C1)C2. The Bertz CT molecular complexity index is 1060. The Morgan fingerprint density at radius 2 is 1.97 bits per heavy atom. The molecule has 3 heterocycles. The summed E-state index contributed by atoms with van der Waals surface area (Å²) in [6.45, 7) is 4.74. The third kappa shape index (κ3) is 4.68. The van der Waals surface area contributed by atoms with E-state index in [0.717, 1.165) is 23.3 Å². The maximum Gasteiger partial charge on any atom is 0.435 e. The number of oxime groups is 1. The molecule has 2 aliphatic rings. The minimum absolute atomic E-state index is 0.0800. The maximum absolute atomic E-state index is 14.2. The lowest BCUT2D eigenvalue weighted by Crippen LogP contribution is -2.43. The number of halogens is 5. The number of fused-ring (bicyclic) bond motifs is 1. The zero-order valence-electron chi connectivity index (χ0n) is 17.9. The van der Waals surface area contributed by atoms with Gasteiger partial charge in [0.2, 0.25) is 0 Å². The van der Waals surface area contributed by atoms with Crippen molar-refractivity contribution in [3.8, 4) is 0 Å². The van der Waals surface area contributed by atoms with Crippen molar-refractivity contribution in [1.82, 2.24) is 10.2 Å². The van der Waals surface area contributed by atoms with E-state index in [2.05, 4.69) is 17.4 Å². The largest absolute Gasteiger partial charge is 0.435 e. The van der Waals surface area contributed by atoms with Crippen molar-refractivity contribution >= 4 is 46.3 Å². The maximum atomic E-state index is 14.2. The molecule has 178 valence electrons. The number of amidine groups is 1. The van der Waals surface area contributed by atoms with Crippen LogP contribution in [0.15, 0.2) is 29.4 Å². The number of amides is 1. The number of rotatable bonds is 5. The number of hydrogen-bond donors (Lipinski definition) is 1. The second-order valence-electron chi connectivity index (χ2n) is 8.34. The molecule has 0 bridgehead atoms. The van der Waals surface area contributed by atoms with Crippen molar-refractivity contribution in [2.24, 2.45) is 5.16 Å². The second kappa shape index (κ2) is 9.00. The summed E-state index contributed by atoms with van der Waals surface area (Å²) in [5.41, 5.74) is -1.94. The molecule has 5 nitrogen and oxygen atoms in total. The third-order valence-corrected chi connectivity index (χ3v) is 7.38. The van der Waals surface area contributed by atoms with Gasteiger partial charge in [-0.25, -0.2) is 0 Å². The van der Waals surface area contributed by atoms with Gasteiger partial charge in [-0.1, -0.05) is 41.7 Å². The molecular formula is C22H22Cl2F3N3O2S. The van der Waals surface area contributed by atoms with Gasteiger partial charge in [0.1, 0.15) is 5.84 Å². The Labute approximate surface area is 203 Å². The zero-order valence-corrected chi connectivity index (χ0v) is 20.3. The Morgan fingerprint density at radius 3 is 2.58 bits per heavy atom. The van der Waals surface area contributed by atoms with Crippen molar-refractivity contribution in [2.45, 2.75) is 64.0 Å². The molecule has 2 unspecified atom stereocenters. The van der Waals surface area contributed by atoms with Crippen LogP contribution in [0.1, 0.15) is 58.8 Å². The molecule has 0 spiro atoms. The fraction of sp³-hybridized carbons (Fsp3) is 0.455. The van der Waals surface area contributed by atoms with Gasteiger partial charge >= 0.3 is 6.18 Å². The summed E-state index contributed by atoms with van der Waals surface area (Å²) >= 11 is 13.3. The van der Waals surface area contributed by atoms with E-state index < -0.39 is 18.2 Å². The summed E-state index contributed by atoms with van der Waals surface area (Å²) in [6, 6.07) is 5.65. The number of carbonyl (C=O) groups is 1. The van der Waals surface area contributed by atoms with E-state index in [0.29, 0.717) is 18.0 Å². The van der Waals surface area contributed by atoms with E-state index in [-0.39, 0.29) is 33.4 Å². The first-order valence-electron chi connectivity index (χ1n) is 10.5. The standard InChI is InChI=1S/C22H22Cl2F3N3O2S/c1-3-4-12(2)28-20(31)17-5-13-10-30(11-18(13)33-17)19-9-21(32-29-19,22(25,26)27)14-6-15(23)8-16(24)7-14/h5-8,12H,3-4,9-11H2,1-2H3,(H,28,31). The molecular weight excluding hydrogens is 498 g/mol. The molecule has 0 aliphatic carbocycles. The first-order chi connectivity index (χ1) is 15.5. The van der Waals surface area contributed by atoms with Crippen LogP contribution in [0.3, 0.4) is 0 Å². The Morgan fingerprint density at radius 1 is 1.27 bits per heavy atom. The summed E-state index contributed by atoms with van der Waals surface area (Å²) in [7, 11) is 0. The highest BCUT2D eigenvalue weighted by molar-refractivity contribution is 7.14. The lowest BCUT2D eigenvalue weighted by Gasteiger charge is -2.30. The first kappa shape index (κ1) is 24.2. The number of benzene rings is 1. The minimum Gasteiger partial charge on any atom is -0.372 e. The summed E-state index contributed by atoms with van der Waals surface area (Å²) < 4.78 is 42.6. The number of hydrogen-bond acceptors (Lipinski definition) is 5. The van der Waals surface area contributed by atoms with Crippen LogP contribution in [0.25, 0.3) is 0 Å². The minimum atomic E-state index is -4.74. The lowest BCUT2D eigenvalue weighted by molar-refractivity contribution is -0.275. The molecule has 33 heavy (non-hydrogen) atoms. The monoisotopic (exact) mass is 519 g/mol. The van der Waals surface area contributed by atoms with E-state index in [1.807, 2.05) is 6.92 Å². The summed E-state index contributed by atoms with van der Waals surface area (Å²) in [5.74, 6) is 0.0618. The van der Waals surface area contributed by atoms with Crippen LogP contribution >= 0.6 is 34.5 Å². The zero-order chi connectivity index (χ0) is 24.0. The van der Waals surface area contributed by atoms with Gasteiger partial charge in [-0.2, -0.15) is 13.2 Å². The van der Waals surface area contributed by atoms with Crippen molar-refractivity contribution < 1.29 is 22.8 Å². The molecule has 1 aromatic heterocycles. The molecule has 1 N–H and O–H groups in total. The van der Waals surface area contributed by atoms with Crippen molar-refractivity contribution in [3.63, 3.8) is 0 Å². The normalized spacial score (nSPS) is 20.9. The van der Waals surface area contributed by atoms with Crippen LogP contribution in [0, 0.1) is 0 Å². The average Bonchev–Trinajstić information content (AvgIpc) is 3.40. The van der Waals surface area contributed by atoms with Crippen LogP contribution in [0.5, 0.6) is 0 Å². The number of carbonyl (C=O) groups excluding carboxylic acids is 1.